The second kappa shape index (κ2) is 11.0. The van der Waals surface area contributed by atoms with E-state index in [0.717, 1.165) is 36.1 Å². The predicted molar refractivity (Wildman–Crippen MR) is 128 cm³/mol. The maximum absolute atomic E-state index is 13.6. The Labute approximate surface area is 194 Å². The van der Waals surface area contributed by atoms with E-state index in [4.69, 9.17) is 4.74 Å². The van der Waals surface area contributed by atoms with Crippen LogP contribution in [0.1, 0.15) is 49.8 Å². The zero-order chi connectivity index (χ0) is 22.3. The van der Waals surface area contributed by atoms with Crippen molar-refractivity contribution < 1.29 is 14.3 Å². The fourth-order valence-corrected chi connectivity index (χ4v) is 5.73. The molecule has 2 fully saturated rings. The first-order chi connectivity index (χ1) is 15.7. The van der Waals surface area contributed by atoms with E-state index in [1.54, 1.807) is 11.8 Å². The molecule has 2 aliphatic heterocycles. The molecule has 0 radical (unpaired) electrons. The highest BCUT2D eigenvalue weighted by atomic mass is 32.2. The summed E-state index contributed by atoms with van der Waals surface area (Å²) in [5, 5.41) is 3.26. The Morgan fingerprint density at radius 2 is 1.72 bits per heavy atom. The number of rotatable bonds is 7. The van der Waals surface area contributed by atoms with E-state index in [1.807, 2.05) is 72.5 Å². The molecule has 2 heterocycles. The molecule has 0 bridgehead atoms. The predicted octanol–water partition coefficient (Wildman–Crippen LogP) is 4.18. The highest BCUT2D eigenvalue weighted by Gasteiger charge is 2.44. The smallest absolute Gasteiger partial charge is 0.253 e. The normalized spacial score (nSPS) is 23.5. The molecule has 0 aromatic heterocycles. The van der Waals surface area contributed by atoms with E-state index in [2.05, 4.69) is 5.32 Å². The molecular weight excluding hydrogens is 420 g/mol. The number of ether oxygens (including phenoxy) is 1. The zero-order valence-electron chi connectivity index (χ0n) is 18.6. The van der Waals surface area contributed by atoms with E-state index >= 15 is 0 Å². The van der Waals surface area contributed by atoms with Gasteiger partial charge in [-0.25, -0.2) is 0 Å². The van der Waals surface area contributed by atoms with Crippen LogP contribution in [0.4, 0.5) is 0 Å². The summed E-state index contributed by atoms with van der Waals surface area (Å²) in [6.07, 6.45) is 2.91. The van der Waals surface area contributed by atoms with Gasteiger partial charge < -0.3 is 15.0 Å². The molecule has 1 N–H and O–H groups in total. The minimum absolute atomic E-state index is 0.0238. The van der Waals surface area contributed by atoms with Gasteiger partial charge in [0.1, 0.15) is 12.1 Å². The van der Waals surface area contributed by atoms with Gasteiger partial charge in [-0.3, -0.25) is 9.59 Å². The first-order valence-corrected chi connectivity index (χ1v) is 12.8. The van der Waals surface area contributed by atoms with Crippen LogP contribution >= 0.6 is 11.8 Å². The van der Waals surface area contributed by atoms with Gasteiger partial charge in [-0.1, -0.05) is 67.6 Å². The number of hydrogen-bond donors (Lipinski definition) is 1. The number of benzene rings is 2. The average Bonchev–Trinajstić information content (AvgIpc) is 3.25. The summed E-state index contributed by atoms with van der Waals surface area (Å²) in [6, 6.07) is 19.4. The number of fused-ring (bicyclic) bond motifs is 1. The van der Waals surface area contributed by atoms with E-state index in [9.17, 15) is 9.59 Å². The van der Waals surface area contributed by atoms with Crippen molar-refractivity contribution in [2.24, 2.45) is 0 Å². The minimum atomic E-state index is -0.463. The average molecular weight is 453 g/mol. The second-order valence-corrected chi connectivity index (χ2v) is 9.63. The Hall–Kier alpha value is -2.31. The van der Waals surface area contributed by atoms with E-state index in [0.29, 0.717) is 18.8 Å². The maximum atomic E-state index is 13.6. The molecule has 32 heavy (non-hydrogen) atoms. The summed E-state index contributed by atoms with van der Waals surface area (Å²) in [4.78, 5) is 28.9. The van der Waals surface area contributed by atoms with Gasteiger partial charge in [0.2, 0.25) is 5.91 Å². The fourth-order valence-electron chi connectivity index (χ4n) is 4.67. The lowest BCUT2D eigenvalue weighted by atomic mass is 9.98. The van der Waals surface area contributed by atoms with Crippen molar-refractivity contribution in [1.29, 1.82) is 0 Å². The minimum Gasteiger partial charge on any atom is -0.368 e. The van der Waals surface area contributed by atoms with Gasteiger partial charge in [0, 0.05) is 18.4 Å². The molecule has 5 nitrogen and oxygen atoms in total. The lowest BCUT2D eigenvalue weighted by Crippen LogP contribution is -2.54. The summed E-state index contributed by atoms with van der Waals surface area (Å²) < 4.78 is 5.89. The zero-order valence-corrected chi connectivity index (χ0v) is 19.4. The Bertz CT molecular complexity index is 851. The quantitative estimate of drug-likeness (QED) is 0.685. The SMILES string of the molecule is CCCOC1CSCC[C@H]2CC[C@@H](C(=O)NC(c3ccccc3)c3ccccc3)N2C1=O. The highest BCUT2D eigenvalue weighted by Crippen LogP contribution is 2.32. The first kappa shape index (κ1) is 22.9. The monoisotopic (exact) mass is 452 g/mol. The van der Waals surface area contributed by atoms with Crippen LogP contribution < -0.4 is 5.32 Å². The molecule has 4 rings (SSSR count). The molecule has 2 aromatic carbocycles. The van der Waals surface area contributed by atoms with Gasteiger partial charge in [-0.2, -0.15) is 11.8 Å². The number of carbonyl (C=O) groups is 2. The van der Waals surface area contributed by atoms with Gasteiger partial charge >= 0.3 is 0 Å². The number of nitrogens with one attached hydrogen (secondary N) is 1. The van der Waals surface area contributed by atoms with E-state index < -0.39 is 12.1 Å². The van der Waals surface area contributed by atoms with Crippen molar-refractivity contribution in [3.05, 3.63) is 71.8 Å². The number of nitrogens with zero attached hydrogens (tertiary/aromatic N) is 1. The van der Waals surface area contributed by atoms with Gasteiger partial charge in [-0.15, -0.1) is 0 Å². The molecule has 2 amide bonds. The maximum Gasteiger partial charge on any atom is 0.253 e. The van der Waals surface area contributed by atoms with Crippen LogP contribution in [0.3, 0.4) is 0 Å². The molecule has 6 heteroatoms. The molecule has 2 aliphatic rings. The van der Waals surface area contributed by atoms with Crippen LogP contribution in [0.2, 0.25) is 0 Å². The standard InChI is InChI=1S/C26H32N2O3S/c1-2-16-31-23-18-32-17-15-21-13-14-22(28(21)26(23)30)25(29)27-24(19-9-5-3-6-10-19)20-11-7-4-8-12-20/h3-12,21-24H,2,13-18H2,1H3,(H,27,29)/t21-,22+,23?/m1/s1. The molecule has 1 unspecified atom stereocenters. The van der Waals surface area contributed by atoms with Crippen LogP contribution in [-0.2, 0) is 14.3 Å². The second-order valence-electron chi connectivity index (χ2n) is 8.48. The summed E-state index contributed by atoms with van der Waals surface area (Å²) in [5.41, 5.74) is 2.06. The number of hydrogen-bond acceptors (Lipinski definition) is 4. The molecular formula is C26H32N2O3S. The van der Waals surface area contributed by atoms with Gasteiger partial charge in [0.15, 0.2) is 0 Å². The lowest BCUT2D eigenvalue weighted by Gasteiger charge is -2.35. The topological polar surface area (TPSA) is 58.6 Å². The number of carbonyl (C=O) groups excluding carboxylic acids is 2. The van der Waals surface area contributed by atoms with Crippen LogP contribution in [-0.4, -0.2) is 53.0 Å². The Balaban J connectivity index is 1.56. The van der Waals surface area contributed by atoms with Crippen molar-refractivity contribution in [1.82, 2.24) is 10.2 Å². The third-order valence-electron chi connectivity index (χ3n) is 6.28. The molecule has 3 atom stereocenters. The fraction of sp³-hybridized carbons (Fsp3) is 0.462. The molecule has 2 saturated heterocycles. The van der Waals surface area contributed by atoms with E-state index in [1.165, 1.54) is 0 Å². The molecule has 0 saturated carbocycles. The molecule has 170 valence electrons. The molecule has 2 aromatic rings. The highest BCUT2D eigenvalue weighted by molar-refractivity contribution is 7.99. The number of thioether (sulfide) groups is 1. The summed E-state index contributed by atoms with van der Waals surface area (Å²) in [6.45, 7) is 2.61. The van der Waals surface area contributed by atoms with Gasteiger partial charge in [-0.05, 0) is 42.6 Å². The van der Waals surface area contributed by atoms with Crippen LogP contribution in [0.5, 0.6) is 0 Å². The van der Waals surface area contributed by atoms with Crippen molar-refractivity contribution in [3.8, 4) is 0 Å². The lowest BCUT2D eigenvalue weighted by molar-refractivity contribution is -0.149. The summed E-state index contributed by atoms with van der Waals surface area (Å²) >= 11 is 1.78. The van der Waals surface area contributed by atoms with Crippen LogP contribution in [0.15, 0.2) is 60.7 Å². The Morgan fingerprint density at radius 3 is 2.34 bits per heavy atom. The third-order valence-corrected chi connectivity index (χ3v) is 7.34. The molecule has 0 spiro atoms. The van der Waals surface area contributed by atoms with Crippen LogP contribution in [0, 0.1) is 0 Å². The van der Waals surface area contributed by atoms with Crippen molar-refractivity contribution in [2.75, 3.05) is 18.1 Å². The summed E-state index contributed by atoms with van der Waals surface area (Å²) in [7, 11) is 0. The summed E-state index contributed by atoms with van der Waals surface area (Å²) in [5.74, 6) is 1.55. The van der Waals surface area contributed by atoms with Crippen molar-refractivity contribution in [2.45, 2.75) is 56.8 Å². The number of amides is 2. The first-order valence-electron chi connectivity index (χ1n) is 11.6. The third kappa shape index (κ3) is 5.18. The molecule has 0 aliphatic carbocycles. The Kier molecular flexibility index (Phi) is 7.87. The van der Waals surface area contributed by atoms with Crippen molar-refractivity contribution >= 4 is 23.6 Å². The Morgan fingerprint density at radius 1 is 1.06 bits per heavy atom. The van der Waals surface area contributed by atoms with Crippen molar-refractivity contribution in [3.63, 3.8) is 0 Å². The largest absolute Gasteiger partial charge is 0.368 e. The van der Waals surface area contributed by atoms with Gasteiger partial charge in [0.25, 0.3) is 5.91 Å². The van der Waals surface area contributed by atoms with Crippen LogP contribution in [0.25, 0.3) is 0 Å². The van der Waals surface area contributed by atoms with Gasteiger partial charge in [0.05, 0.1) is 6.04 Å². The van der Waals surface area contributed by atoms with E-state index in [-0.39, 0.29) is 23.9 Å².